The molecule has 0 amide bonds. The standard InChI is InChI=1S/C13H29ClO4Si/c1-6-8-13(18-7-2)11-12(14)9-10-19(15-3,16-4)17-5/h12-13H,6-11H2,1-5H3. The molecule has 116 valence electrons. The maximum Gasteiger partial charge on any atom is 0.500 e. The molecule has 0 heterocycles. The first-order chi connectivity index (χ1) is 9.07. The quantitative estimate of drug-likeness (QED) is 0.408. The molecule has 0 aromatic carbocycles. The third kappa shape index (κ3) is 7.63. The van der Waals surface area contributed by atoms with Gasteiger partial charge in [0.1, 0.15) is 0 Å². The van der Waals surface area contributed by atoms with Crippen LogP contribution in [0.2, 0.25) is 6.04 Å². The molecule has 0 aliphatic carbocycles. The molecule has 0 aromatic heterocycles. The molecule has 0 aliphatic heterocycles. The lowest BCUT2D eigenvalue weighted by Crippen LogP contribution is -2.43. The summed E-state index contributed by atoms with van der Waals surface area (Å²) < 4.78 is 21.9. The lowest BCUT2D eigenvalue weighted by molar-refractivity contribution is 0.0490. The lowest BCUT2D eigenvalue weighted by atomic mass is 10.1. The van der Waals surface area contributed by atoms with E-state index in [9.17, 15) is 0 Å². The van der Waals surface area contributed by atoms with E-state index in [0.717, 1.165) is 38.3 Å². The molecule has 0 aromatic rings. The summed E-state index contributed by atoms with van der Waals surface area (Å²) in [7, 11) is 2.39. The molecule has 4 nitrogen and oxygen atoms in total. The van der Waals surface area contributed by atoms with Gasteiger partial charge in [0.05, 0.1) is 6.10 Å². The molecule has 0 saturated heterocycles. The molecule has 0 bridgehead atoms. The summed E-state index contributed by atoms with van der Waals surface area (Å²) >= 11 is 6.40. The van der Waals surface area contributed by atoms with Crippen molar-refractivity contribution < 1.29 is 18.0 Å². The van der Waals surface area contributed by atoms with Gasteiger partial charge >= 0.3 is 8.80 Å². The van der Waals surface area contributed by atoms with Crippen molar-refractivity contribution in [2.45, 2.75) is 57.1 Å². The predicted molar refractivity (Wildman–Crippen MR) is 80.8 cm³/mol. The molecule has 0 aliphatic rings. The summed E-state index contributed by atoms with van der Waals surface area (Å²) in [6.07, 6.45) is 4.10. The van der Waals surface area contributed by atoms with Crippen molar-refractivity contribution >= 4 is 20.4 Å². The summed E-state index contributed by atoms with van der Waals surface area (Å²) in [5, 5.41) is 0.0652. The Morgan fingerprint density at radius 3 is 2.00 bits per heavy atom. The van der Waals surface area contributed by atoms with Crippen molar-refractivity contribution in [2.24, 2.45) is 0 Å². The van der Waals surface area contributed by atoms with Crippen LogP contribution < -0.4 is 0 Å². The fourth-order valence-corrected chi connectivity index (χ4v) is 4.42. The van der Waals surface area contributed by atoms with Gasteiger partial charge in [-0.3, -0.25) is 0 Å². The van der Waals surface area contributed by atoms with Crippen molar-refractivity contribution in [1.29, 1.82) is 0 Å². The SMILES string of the molecule is CCCC(CC(Cl)CC[Si](OC)(OC)OC)OCC. The highest BCUT2D eigenvalue weighted by Gasteiger charge is 2.37. The molecular weight excluding hydrogens is 284 g/mol. The Bertz CT molecular complexity index is 201. The molecule has 0 saturated carbocycles. The van der Waals surface area contributed by atoms with Gasteiger partial charge in [0, 0.05) is 39.4 Å². The maximum atomic E-state index is 6.40. The van der Waals surface area contributed by atoms with Gasteiger partial charge in [-0.1, -0.05) is 13.3 Å². The average molecular weight is 313 g/mol. The van der Waals surface area contributed by atoms with E-state index < -0.39 is 8.80 Å². The summed E-state index contributed by atoms with van der Waals surface area (Å²) in [6, 6.07) is 0.732. The van der Waals surface area contributed by atoms with Crippen LogP contribution in [-0.4, -0.2) is 48.2 Å². The molecule has 0 spiro atoms. The highest BCUT2D eigenvalue weighted by Crippen LogP contribution is 2.23. The Balaban J connectivity index is 4.17. The van der Waals surface area contributed by atoms with Gasteiger partial charge in [0.25, 0.3) is 0 Å². The fraction of sp³-hybridized carbons (Fsp3) is 1.00. The number of rotatable bonds is 12. The highest BCUT2D eigenvalue weighted by molar-refractivity contribution is 6.60. The van der Waals surface area contributed by atoms with E-state index in [1.54, 1.807) is 21.3 Å². The number of alkyl halides is 1. The summed E-state index contributed by atoms with van der Waals surface area (Å²) in [5.74, 6) is 0. The van der Waals surface area contributed by atoms with Crippen molar-refractivity contribution in [3.05, 3.63) is 0 Å². The summed E-state index contributed by atoms with van der Waals surface area (Å²) in [6.45, 7) is 4.92. The molecule has 2 atom stereocenters. The number of halogens is 1. The zero-order valence-corrected chi connectivity index (χ0v) is 14.7. The van der Waals surface area contributed by atoms with Crippen LogP contribution in [0.15, 0.2) is 0 Å². The predicted octanol–water partition coefficient (Wildman–Crippen LogP) is 3.46. The largest absolute Gasteiger partial charge is 0.500 e. The van der Waals surface area contributed by atoms with Crippen LogP contribution >= 0.6 is 11.6 Å². The normalized spacial score (nSPS) is 15.5. The van der Waals surface area contributed by atoms with Crippen molar-refractivity contribution in [1.82, 2.24) is 0 Å². The Hall–Kier alpha value is 0.347. The number of ether oxygens (including phenoxy) is 1. The van der Waals surface area contributed by atoms with Gasteiger partial charge in [0.2, 0.25) is 0 Å². The molecule has 6 heteroatoms. The molecule has 0 rings (SSSR count). The van der Waals surface area contributed by atoms with E-state index >= 15 is 0 Å². The minimum atomic E-state index is -2.49. The average Bonchev–Trinajstić information content (AvgIpc) is 2.41. The summed E-state index contributed by atoms with van der Waals surface area (Å²) in [5.41, 5.74) is 0. The minimum absolute atomic E-state index is 0.0652. The lowest BCUT2D eigenvalue weighted by Gasteiger charge is -2.26. The molecule has 2 unspecified atom stereocenters. The number of hydrogen-bond acceptors (Lipinski definition) is 4. The Morgan fingerprint density at radius 1 is 1.00 bits per heavy atom. The van der Waals surface area contributed by atoms with Crippen LogP contribution in [-0.2, 0) is 18.0 Å². The smallest absolute Gasteiger partial charge is 0.378 e. The zero-order chi connectivity index (χ0) is 14.7. The fourth-order valence-electron chi connectivity index (χ4n) is 2.12. The second-order valence-electron chi connectivity index (χ2n) is 4.53. The second kappa shape index (κ2) is 11.1. The Kier molecular flexibility index (Phi) is 11.3. The van der Waals surface area contributed by atoms with Gasteiger partial charge in [-0.15, -0.1) is 11.6 Å². The monoisotopic (exact) mass is 312 g/mol. The van der Waals surface area contributed by atoms with Gasteiger partial charge in [-0.05, 0) is 26.2 Å². The van der Waals surface area contributed by atoms with Gasteiger partial charge in [-0.25, -0.2) is 0 Å². The second-order valence-corrected chi connectivity index (χ2v) is 8.24. The van der Waals surface area contributed by atoms with Crippen LogP contribution in [0, 0.1) is 0 Å². The van der Waals surface area contributed by atoms with E-state index in [2.05, 4.69) is 6.92 Å². The van der Waals surface area contributed by atoms with Gasteiger partial charge < -0.3 is 18.0 Å². The van der Waals surface area contributed by atoms with Gasteiger partial charge in [0.15, 0.2) is 0 Å². The zero-order valence-electron chi connectivity index (χ0n) is 12.9. The number of hydrogen-bond donors (Lipinski definition) is 0. The first-order valence-electron chi connectivity index (χ1n) is 6.98. The molecular formula is C13H29ClO4Si. The topological polar surface area (TPSA) is 36.9 Å². The minimum Gasteiger partial charge on any atom is -0.378 e. The highest BCUT2D eigenvalue weighted by atomic mass is 35.5. The Morgan fingerprint density at radius 2 is 1.58 bits per heavy atom. The third-order valence-corrected chi connectivity index (χ3v) is 6.39. The van der Waals surface area contributed by atoms with Crippen LogP contribution in [0.5, 0.6) is 0 Å². The van der Waals surface area contributed by atoms with Crippen LogP contribution in [0.4, 0.5) is 0 Å². The Labute approximate surface area is 124 Å². The van der Waals surface area contributed by atoms with E-state index in [4.69, 9.17) is 29.6 Å². The van der Waals surface area contributed by atoms with Crippen LogP contribution in [0.1, 0.15) is 39.5 Å². The third-order valence-electron chi connectivity index (χ3n) is 3.23. The summed E-state index contributed by atoms with van der Waals surface area (Å²) in [4.78, 5) is 0. The molecule has 0 fully saturated rings. The van der Waals surface area contributed by atoms with Gasteiger partial charge in [-0.2, -0.15) is 0 Å². The molecule has 0 radical (unpaired) electrons. The van der Waals surface area contributed by atoms with Crippen LogP contribution in [0.3, 0.4) is 0 Å². The van der Waals surface area contributed by atoms with Crippen molar-refractivity contribution in [3.63, 3.8) is 0 Å². The first kappa shape index (κ1) is 19.3. The van der Waals surface area contributed by atoms with E-state index in [-0.39, 0.29) is 11.5 Å². The van der Waals surface area contributed by atoms with E-state index in [0.29, 0.717) is 0 Å². The molecule has 0 N–H and O–H groups in total. The maximum absolute atomic E-state index is 6.40. The van der Waals surface area contributed by atoms with Crippen LogP contribution in [0.25, 0.3) is 0 Å². The van der Waals surface area contributed by atoms with E-state index in [1.807, 2.05) is 6.92 Å². The molecule has 19 heavy (non-hydrogen) atoms. The van der Waals surface area contributed by atoms with Crippen molar-refractivity contribution in [2.75, 3.05) is 27.9 Å². The first-order valence-corrected chi connectivity index (χ1v) is 9.35. The van der Waals surface area contributed by atoms with E-state index in [1.165, 1.54) is 0 Å². The van der Waals surface area contributed by atoms with Crippen molar-refractivity contribution in [3.8, 4) is 0 Å².